The quantitative estimate of drug-likeness (QED) is 0.868. The summed E-state index contributed by atoms with van der Waals surface area (Å²) in [6.45, 7) is 1.85. The Morgan fingerprint density at radius 1 is 1.47 bits per heavy atom. The van der Waals surface area contributed by atoms with Crippen LogP contribution in [0.2, 0.25) is 0 Å². The van der Waals surface area contributed by atoms with Crippen LogP contribution in [-0.2, 0) is 11.3 Å². The van der Waals surface area contributed by atoms with Crippen molar-refractivity contribution in [1.82, 2.24) is 5.32 Å². The summed E-state index contributed by atoms with van der Waals surface area (Å²) in [6, 6.07) is 3.12. The van der Waals surface area contributed by atoms with Gasteiger partial charge in [0.2, 0.25) is 5.91 Å². The number of nitrogens with one attached hydrogen (secondary N) is 1. The summed E-state index contributed by atoms with van der Waals surface area (Å²) in [5, 5.41) is 2.49. The molecule has 0 bridgehead atoms. The maximum absolute atomic E-state index is 13.2. The van der Waals surface area contributed by atoms with Crippen molar-refractivity contribution in [2.75, 3.05) is 6.54 Å². The summed E-state index contributed by atoms with van der Waals surface area (Å²) >= 11 is 0. The molecule has 6 heteroatoms. The molecule has 1 rings (SSSR count). The van der Waals surface area contributed by atoms with E-state index in [9.17, 15) is 13.6 Å². The van der Waals surface area contributed by atoms with Gasteiger partial charge in [-0.15, -0.1) is 12.4 Å². The molecule has 0 aromatic heterocycles. The van der Waals surface area contributed by atoms with Gasteiger partial charge in [-0.3, -0.25) is 4.79 Å². The van der Waals surface area contributed by atoms with E-state index in [2.05, 4.69) is 5.32 Å². The number of hydrogen-bond donors (Lipinski definition) is 2. The lowest BCUT2D eigenvalue weighted by atomic mass is 10.1. The molecule has 17 heavy (non-hydrogen) atoms. The molecule has 0 saturated heterocycles. The fraction of sp³-hybridized carbons (Fsp3) is 0.364. The molecule has 0 saturated carbocycles. The first-order chi connectivity index (χ1) is 7.54. The Labute approximate surface area is 105 Å². The molecule has 0 aliphatic heterocycles. The zero-order valence-corrected chi connectivity index (χ0v) is 10.2. The molecule has 0 radical (unpaired) electrons. The molecule has 1 aromatic rings. The van der Waals surface area contributed by atoms with Gasteiger partial charge in [-0.1, -0.05) is 6.92 Å². The SMILES string of the molecule is CC(CN)C(=O)NCc1cc(F)ccc1F.Cl. The molecule has 1 aromatic carbocycles. The van der Waals surface area contributed by atoms with Gasteiger partial charge in [0.1, 0.15) is 11.6 Å². The van der Waals surface area contributed by atoms with Gasteiger partial charge in [-0.2, -0.15) is 0 Å². The van der Waals surface area contributed by atoms with Gasteiger partial charge in [0.15, 0.2) is 0 Å². The number of hydrogen-bond acceptors (Lipinski definition) is 2. The van der Waals surface area contributed by atoms with Crippen LogP contribution in [0.1, 0.15) is 12.5 Å². The van der Waals surface area contributed by atoms with Crippen LogP contribution in [-0.4, -0.2) is 12.5 Å². The molecule has 96 valence electrons. The highest BCUT2D eigenvalue weighted by atomic mass is 35.5. The van der Waals surface area contributed by atoms with E-state index in [4.69, 9.17) is 5.73 Å². The van der Waals surface area contributed by atoms with Crippen LogP contribution >= 0.6 is 12.4 Å². The average molecular weight is 265 g/mol. The molecule has 0 aliphatic carbocycles. The van der Waals surface area contributed by atoms with Crippen molar-refractivity contribution in [3.8, 4) is 0 Å². The summed E-state index contributed by atoms with van der Waals surface area (Å²) in [6.07, 6.45) is 0. The monoisotopic (exact) mass is 264 g/mol. The van der Waals surface area contributed by atoms with E-state index in [1.807, 2.05) is 0 Å². The third-order valence-corrected chi connectivity index (χ3v) is 2.26. The number of carbonyl (C=O) groups excluding carboxylic acids is 1. The third kappa shape index (κ3) is 4.66. The van der Waals surface area contributed by atoms with Gasteiger partial charge >= 0.3 is 0 Å². The fourth-order valence-corrected chi connectivity index (χ4v) is 1.14. The van der Waals surface area contributed by atoms with E-state index in [0.29, 0.717) is 0 Å². The highest BCUT2D eigenvalue weighted by Crippen LogP contribution is 2.09. The number of rotatable bonds is 4. The minimum Gasteiger partial charge on any atom is -0.352 e. The van der Waals surface area contributed by atoms with Gasteiger partial charge in [0.25, 0.3) is 0 Å². The van der Waals surface area contributed by atoms with Crippen molar-refractivity contribution in [2.24, 2.45) is 11.7 Å². The van der Waals surface area contributed by atoms with Crippen LogP contribution < -0.4 is 11.1 Å². The van der Waals surface area contributed by atoms with Gasteiger partial charge in [0.05, 0.1) is 0 Å². The van der Waals surface area contributed by atoms with Crippen LogP contribution in [0.4, 0.5) is 8.78 Å². The number of benzene rings is 1. The van der Waals surface area contributed by atoms with Crippen molar-refractivity contribution in [2.45, 2.75) is 13.5 Å². The van der Waals surface area contributed by atoms with Crippen LogP contribution in [0, 0.1) is 17.6 Å². The topological polar surface area (TPSA) is 55.1 Å². The van der Waals surface area contributed by atoms with Crippen molar-refractivity contribution >= 4 is 18.3 Å². The Bertz CT molecular complexity index is 388. The maximum atomic E-state index is 13.2. The summed E-state index contributed by atoms with van der Waals surface area (Å²) in [5.74, 6) is -1.68. The van der Waals surface area contributed by atoms with Gasteiger partial charge in [-0.25, -0.2) is 8.78 Å². The Balaban J connectivity index is 0.00000256. The van der Waals surface area contributed by atoms with E-state index in [0.717, 1.165) is 18.2 Å². The second-order valence-electron chi connectivity index (χ2n) is 3.59. The van der Waals surface area contributed by atoms with Gasteiger partial charge < -0.3 is 11.1 Å². The third-order valence-electron chi connectivity index (χ3n) is 2.26. The molecule has 3 N–H and O–H groups in total. The van der Waals surface area contributed by atoms with Crippen LogP contribution in [0.5, 0.6) is 0 Å². The van der Waals surface area contributed by atoms with Crippen molar-refractivity contribution < 1.29 is 13.6 Å². The minimum absolute atomic E-state index is 0. The maximum Gasteiger partial charge on any atom is 0.224 e. The minimum atomic E-state index is -0.540. The van der Waals surface area contributed by atoms with Crippen molar-refractivity contribution in [1.29, 1.82) is 0 Å². The lowest BCUT2D eigenvalue weighted by Crippen LogP contribution is -2.33. The normalized spacial score (nSPS) is 11.5. The molecule has 1 atom stereocenters. The summed E-state index contributed by atoms with van der Waals surface area (Å²) in [4.78, 5) is 11.3. The average Bonchev–Trinajstić information content (AvgIpc) is 2.28. The molecule has 3 nitrogen and oxygen atoms in total. The Kier molecular flexibility index (Phi) is 6.68. The number of carbonyl (C=O) groups is 1. The highest BCUT2D eigenvalue weighted by Gasteiger charge is 2.11. The second kappa shape index (κ2) is 7.19. The number of halogens is 3. The van der Waals surface area contributed by atoms with Crippen LogP contribution in [0.3, 0.4) is 0 Å². The summed E-state index contributed by atoms with van der Waals surface area (Å²) < 4.78 is 26.0. The zero-order chi connectivity index (χ0) is 12.1. The molecule has 0 fully saturated rings. The first kappa shape index (κ1) is 15.8. The zero-order valence-electron chi connectivity index (χ0n) is 9.37. The molecule has 0 aliphatic rings. The van der Waals surface area contributed by atoms with E-state index >= 15 is 0 Å². The Morgan fingerprint density at radius 2 is 2.12 bits per heavy atom. The van der Waals surface area contributed by atoms with Crippen molar-refractivity contribution in [3.05, 3.63) is 35.4 Å². The first-order valence-corrected chi connectivity index (χ1v) is 4.96. The van der Waals surface area contributed by atoms with E-state index in [1.165, 1.54) is 0 Å². The van der Waals surface area contributed by atoms with E-state index in [-0.39, 0.29) is 42.9 Å². The fourth-order valence-electron chi connectivity index (χ4n) is 1.14. The van der Waals surface area contributed by atoms with Gasteiger partial charge in [-0.05, 0) is 18.2 Å². The highest BCUT2D eigenvalue weighted by molar-refractivity contribution is 5.85. The largest absolute Gasteiger partial charge is 0.352 e. The first-order valence-electron chi connectivity index (χ1n) is 4.96. The second-order valence-corrected chi connectivity index (χ2v) is 3.59. The molecular formula is C11H15ClF2N2O. The van der Waals surface area contributed by atoms with Crippen LogP contribution in [0.15, 0.2) is 18.2 Å². The lowest BCUT2D eigenvalue weighted by molar-refractivity contribution is -0.124. The predicted octanol–water partition coefficient (Wildman–Crippen LogP) is 1.60. The van der Waals surface area contributed by atoms with Crippen LogP contribution in [0.25, 0.3) is 0 Å². The van der Waals surface area contributed by atoms with Crippen molar-refractivity contribution in [3.63, 3.8) is 0 Å². The number of nitrogens with two attached hydrogens (primary N) is 1. The molecule has 0 heterocycles. The summed E-state index contributed by atoms with van der Waals surface area (Å²) in [7, 11) is 0. The Hall–Kier alpha value is -1.20. The molecule has 0 spiro atoms. The smallest absolute Gasteiger partial charge is 0.224 e. The van der Waals surface area contributed by atoms with E-state index in [1.54, 1.807) is 6.92 Å². The van der Waals surface area contributed by atoms with E-state index < -0.39 is 11.6 Å². The lowest BCUT2D eigenvalue weighted by Gasteiger charge is -2.10. The van der Waals surface area contributed by atoms with Gasteiger partial charge in [0, 0.05) is 24.6 Å². The predicted molar refractivity (Wildman–Crippen MR) is 63.7 cm³/mol. The molecule has 1 amide bonds. The standard InChI is InChI=1S/C11H14F2N2O.ClH/c1-7(5-14)11(16)15-6-8-4-9(12)2-3-10(8)13;/h2-4,7H,5-6,14H2,1H3,(H,15,16);1H. The summed E-state index contributed by atoms with van der Waals surface area (Å²) in [5.41, 5.74) is 5.42. The Morgan fingerprint density at radius 3 is 2.71 bits per heavy atom. The molecular weight excluding hydrogens is 250 g/mol. The molecule has 1 unspecified atom stereocenters. The number of amides is 1.